The molecule has 0 unspecified atom stereocenters. The van der Waals surface area contributed by atoms with Crippen molar-refractivity contribution >= 4 is 56.5 Å². The Bertz CT molecular complexity index is 1630. The molecule has 0 saturated heterocycles. The maximum absolute atomic E-state index is 5.83. The first kappa shape index (κ1) is 26.4. The number of fused-ring (bicyclic) bond motifs is 2. The summed E-state index contributed by atoms with van der Waals surface area (Å²) in [6.45, 7) is 0. The topological polar surface area (TPSA) is 51.0 Å². The van der Waals surface area contributed by atoms with Crippen molar-refractivity contribution in [2.24, 2.45) is 9.98 Å². The van der Waals surface area contributed by atoms with Crippen molar-refractivity contribution in [2.45, 2.75) is 0 Å². The van der Waals surface area contributed by atoms with Crippen molar-refractivity contribution < 1.29 is 25.3 Å². The zero-order valence-corrected chi connectivity index (χ0v) is 21.8. The van der Waals surface area contributed by atoms with Gasteiger partial charge in [-0.2, -0.15) is 0 Å². The van der Waals surface area contributed by atoms with Crippen molar-refractivity contribution in [1.82, 2.24) is 0 Å². The van der Waals surface area contributed by atoms with Crippen molar-refractivity contribution in [2.75, 3.05) is 0 Å². The fourth-order valence-electron chi connectivity index (χ4n) is 3.44. The third-order valence-electron chi connectivity index (χ3n) is 5.21. The standard InChI is InChI=1S/2C15H10ClNO.Ni/c2*16-12-6-8-13(9-7-12)17-15-10-5-11-3-1-2-4-14(11)18-15;/h2*1-10H;. The predicted octanol–water partition coefficient (Wildman–Crippen LogP) is 8.63. The summed E-state index contributed by atoms with van der Waals surface area (Å²) in [4.78, 5) is 8.81. The van der Waals surface area contributed by atoms with E-state index >= 15 is 0 Å². The molecule has 0 aliphatic carbocycles. The van der Waals surface area contributed by atoms with Gasteiger partial charge >= 0.3 is 0 Å². The van der Waals surface area contributed by atoms with Crippen LogP contribution < -0.4 is 11.1 Å². The smallest absolute Gasteiger partial charge is 0.219 e. The van der Waals surface area contributed by atoms with Crippen LogP contribution in [0.2, 0.25) is 10.0 Å². The summed E-state index contributed by atoms with van der Waals surface area (Å²) in [6.07, 6.45) is 0. The Morgan fingerprint density at radius 2 is 0.811 bits per heavy atom. The van der Waals surface area contributed by atoms with Gasteiger partial charge in [0, 0.05) is 49.4 Å². The number of benzene rings is 4. The second-order valence-corrected chi connectivity index (χ2v) is 8.67. The van der Waals surface area contributed by atoms with Crippen LogP contribution in [0, 0.1) is 0 Å². The molecule has 0 aliphatic rings. The summed E-state index contributed by atoms with van der Waals surface area (Å²) >= 11 is 11.7. The minimum Gasteiger partial charge on any atom is -0.438 e. The number of para-hydroxylation sites is 2. The van der Waals surface area contributed by atoms with Crippen LogP contribution in [-0.4, -0.2) is 0 Å². The van der Waals surface area contributed by atoms with Crippen LogP contribution in [0.4, 0.5) is 11.4 Å². The summed E-state index contributed by atoms with van der Waals surface area (Å²) in [6, 6.07) is 38.1. The molecule has 0 N–H and O–H groups in total. The average molecular weight is 570 g/mol. The molecule has 0 radical (unpaired) electrons. The average Bonchev–Trinajstić information content (AvgIpc) is 2.92. The summed E-state index contributed by atoms with van der Waals surface area (Å²) in [7, 11) is 0. The van der Waals surface area contributed by atoms with E-state index in [0.29, 0.717) is 21.2 Å². The largest absolute Gasteiger partial charge is 0.438 e. The van der Waals surface area contributed by atoms with Gasteiger partial charge in [-0.3, -0.25) is 0 Å². The van der Waals surface area contributed by atoms with E-state index in [0.717, 1.165) is 33.3 Å². The maximum Gasteiger partial charge on any atom is 0.219 e. The monoisotopic (exact) mass is 568 g/mol. The van der Waals surface area contributed by atoms with Gasteiger partial charge in [0.25, 0.3) is 0 Å². The number of nitrogens with zero attached hydrogens (tertiary/aromatic N) is 2. The molecule has 0 saturated carbocycles. The van der Waals surface area contributed by atoms with Gasteiger partial charge in [0.1, 0.15) is 11.2 Å². The van der Waals surface area contributed by atoms with Gasteiger partial charge in [-0.1, -0.05) is 59.6 Å². The molecule has 2 heterocycles. The van der Waals surface area contributed by atoms with Crippen molar-refractivity contribution in [3.05, 3.63) is 142 Å². The van der Waals surface area contributed by atoms with Crippen LogP contribution in [0.1, 0.15) is 0 Å². The SMILES string of the molecule is Clc1ccc(N=c2ccc3ccccc3o2)cc1.Clc1ccc(N=c2ccc3ccccc3o2)cc1.[Ni]. The van der Waals surface area contributed by atoms with E-state index in [4.69, 9.17) is 32.0 Å². The molecule has 4 aromatic carbocycles. The quantitative estimate of drug-likeness (QED) is 0.196. The molecule has 0 fully saturated rings. The van der Waals surface area contributed by atoms with Crippen LogP contribution in [0.25, 0.3) is 21.9 Å². The number of hydrogen-bond acceptors (Lipinski definition) is 4. The fourth-order valence-corrected chi connectivity index (χ4v) is 3.70. The Morgan fingerprint density at radius 1 is 0.432 bits per heavy atom. The fraction of sp³-hybridized carbons (Fsp3) is 0. The van der Waals surface area contributed by atoms with Crippen LogP contribution in [0.3, 0.4) is 0 Å². The molecule has 0 bridgehead atoms. The van der Waals surface area contributed by atoms with Crippen LogP contribution in [0.5, 0.6) is 0 Å². The Morgan fingerprint density at radius 3 is 1.22 bits per heavy atom. The minimum atomic E-state index is 0. The first-order chi connectivity index (χ1) is 17.6. The predicted molar refractivity (Wildman–Crippen MR) is 146 cm³/mol. The van der Waals surface area contributed by atoms with Crippen molar-refractivity contribution in [3.8, 4) is 0 Å². The molecule has 6 rings (SSSR count). The van der Waals surface area contributed by atoms with Gasteiger partial charge in [-0.05, 0) is 72.8 Å². The summed E-state index contributed by atoms with van der Waals surface area (Å²) in [5.41, 5.74) is 4.45. The summed E-state index contributed by atoms with van der Waals surface area (Å²) in [5.74, 6) is 0. The third kappa shape index (κ3) is 7.21. The van der Waals surface area contributed by atoms with Gasteiger partial charge in [-0.15, -0.1) is 0 Å². The van der Waals surface area contributed by atoms with Crippen LogP contribution >= 0.6 is 23.2 Å². The van der Waals surface area contributed by atoms with E-state index in [1.165, 1.54) is 0 Å². The Kier molecular flexibility index (Phi) is 8.97. The molecule has 0 atom stereocenters. The normalized spacial score (nSPS) is 11.6. The van der Waals surface area contributed by atoms with Crippen LogP contribution in [0.15, 0.2) is 140 Å². The van der Waals surface area contributed by atoms with E-state index in [-0.39, 0.29) is 16.5 Å². The molecule has 0 aliphatic heterocycles. The van der Waals surface area contributed by atoms with Crippen LogP contribution in [-0.2, 0) is 16.5 Å². The zero-order valence-electron chi connectivity index (χ0n) is 19.3. The zero-order chi connectivity index (χ0) is 24.7. The number of halogens is 2. The molecule has 186 valence electrons. The summed E-state index contributed by atoms with van der Waals surface area (Å²) in [5, 5.41) is 3.52. The molecule has 0 spiro atoms. The first-order valence-corrected chi connectivity index (χ1v) is 12.0. The van der Waals surface area contributed by atoms with Crippen molar-refractivity contribution in [1.29, 1.82) is 0 Å². The Labute approximate surface area is 233 Å². The number of rotatable bonds is 2. The first-order valence-electron chi connectivity index (χ1n) is 11.2. The van der Waals surface area contributed by atoms with Gasteiger partial charge in [0.15, 0.2) is 0 Å². The second-order valence-electron chi connectivity index (χ2n) is 7.80. The molecular weight excluding hydrogens is 550 g/mol. The number of hydrogen-bond donors (Lipinski definition) is 0. The Hall–Kier alpha value is -3.63. The maximum atomic E-state index is 5.83. The summed E-state index contributed by atoms with van der Waals surface area (Å²) < 4.78 is 11.4. The van der Waals surface area contributed by atoms with E-state index in [1.54, 1.807) is 24.3 Å². The molecule has 0 amide bonds. The minimum absolute atomic E-state index is 0. The molecule has 6 aromatic rings. The van der Waals surface area contributed by atoms with E-state index in [9.17, 15) is 0 Å². The van der Waals surface area contributed by atoms with Gasteiger partial charge < -0.3 is 8.83 Å². The van der Waals surface area contributed by atoms with Gasteiger partial charge in [0.2, 0.25) is 11.1 Å². The molecular formula is C30H20Cl2N2NiO2. The second kappa shape index (κ2) is 12.6. The molecule has 7 heteroatoms. The van der Waals surface area contributed by atoms with Gasteiger partial charge in [0.05, 0.1) is 11.4 Å². The molecule has 4 nitrogen and oxygen atoms in total. The van der Waals surface area contributed by atoms with Crippen molar-refractivity contribution in [3.63, 3.8) is 0 Å². The Balaban J connectivity index is 0.000000168. The van der Waals surface area contributed by atoms with Gasteiger partial charge in [-0.25, -0.2) is 9.98 Å². The van der Waals surface area contributed by atoms with E-state index in [1.807, 2.05) is 97.1 Å². The third-order valence-corrected chi connectivity index (χ3v) is 5.71. The molecule has 2 aromatic heterocycles. The van der Waals surface area contributed by atoms with E-state index < -0.39 is 0 Å². The molecule has 37 heavy (non-hydrogen) atoms. The van der Waals surface area contributed by atoms with E-state index in [2.05, 4.69) is 9.98 Å².